The van der Waals surface area contributed by atoms with E-state index >= 15 is 0 Å². The van der Waals surface area contributed by atoms with Gasteiger partial charge in [-0.1, -0.05) is 51.8 Å². The molecule has 0 aliphatic rings. The number of anilines is 2. The molecule has 0 unspecified atom stereocenters. The van der Waals surface area contributed by atoms with Crippen molar-refractivity contribution in [3.05, 3.63) is 93.4 Å². The Hall–Kier alpha value is -2.35. The van der Waals surface area contributed by atoms with Crippen molar-refractivity contribution < 1.29 is 13.2 Å². The zero-order chi connectivity index (χ0) is 21.0. The zero-order valence-electron chi connectivity index (χ0n) is 15.5. The van der Waals surface area contributed by atoms with E-state index in [9.17, 15) is 13.2 Å². The number of sulfonamides is 1. The number of rotatable bonds is 6. The van der Waals surface area contributed by atoms with Crippen LogP contribution in [0.5, 0.6) is 0 Å². The number of halogens is 2. The molecule has 0 aliphatic carbocycles. The Morgan fingerprint density at radius 3 is 2.34 bits per heavy atom. The maximum absolute atomic E-state index is 12.4. The number of hydrogen-bond acceptors (Lipinski definition) is 3. The third-order valence-corrected chi connectivity index (χ3v) is 5.99. The van der Waals surface area contributed by atoms with E-state index in [1.807, 2.05) is 12.1 Å². The normalized spacial score (nSPS) is 11.1. The van der Waals surface area contributed by atoms with Gasteiger partial charge in [-0.15, -0.1) is 0 Å². The Kier molecular flexibility index (Phi) is 6.62. The molecule has 1 amide bonds. The van der Waals surface area contributed by atoms with Crippen molar-refractivity contribution in [2.45, 2.75) is 6.54 Å². The topological polar surface area (TPSA) is 66.5 Å². The molecule has 0 bridgehead atoms. The van der Waals surface area contributed by atoms with Crippen LogP contribution in [-0.4, -0.2) is 20.6 Å². The molecular formula is C21H18BrClN2O3S. The van der Waals surface area contributed by atoms with E-state index in [2.05, 4.69) is 21.2 Å². The summed E-state index contributed by atoms with van der Waals surface area (Å²) >= 11 is 9.37. The van der Waals surface area contributed by atoms with Crippen molar-refractivity contribution in [2.75, 3.05) is 15.9 Å². The molecule has 3 aromatic rings. The first-order valence-electron chi connectivity index (χ1n) is 8.61. The lowest BCUT2D eigenvalue weighted by Crippen LogP contribution is -2.29. The van der Waals surface area contributed by atoms with Gasteiger partial charge in [0.1, 0.15) is 0 Å². The molecule has 0 spiro atoms. The third kappa shape index (κ3) is 5.82. The van der Waals surface area contributed by atoms with Crippen LogP contribution >= 0.6 is 27.5 Å². The van der Waals surface area contributed by atoms with Crippen molar-refractivity contribution in [1.82, 2.24) is 0 Å². The number of carbonyl (C=O) groups is 1. The van der Waals surface area contributed by atoms with Gasteiger partial charge < -0.3 is 5.32 Å². The number of nitrogens with zero attached hydrogens (tertiary/aromatic N) is 1. The van der Waals surface area contributed by atoms with Crippen molar-refractivity contribution in [3.63, 3.8) is 0 Å². The Bertz CT molecular complexity index is 1130. The standard InChI is InChI=1S/C21H18BrClN2O3S/c1-29(27,28)25(20-7-3-5-18(23)13-20)14-15-8-10-16(11-9-15)21(26)24-19-6-2-4-17(22)12-19/h2-13H,14H2,1H3,(H,24,26). The van der Waals surface area contributed by atoms with Gasteiger partial charge in [-0.05, 0) is 54.1 Å². The summed E-state index contributed by atoms with van der Waals surface area (Å²) in [6.07, 6.45) is 1.15. The molecule has 0 atom stereocenters. The van der Waals surface area contributed by atoms with Crippen molar-refractivity contribution >= 4 is 54.8 Å². The van der Waals surface area contributed by atoms with Crippen LogP contribution in [0.15, 0.2) is 77.3 Å². The molecule has 0 aliphatic heterocycles. The van der Waals surface area contributed by atoms with Crippen LogP contribution < -0.4 is 9.62 Å². The number of benzene rings is 3. The molecule has 3 aromatic carbocycles. The van der Waals surface area contributed by atoms with Gasteiger partial charge in [-0.25, -0.2) is 8.42 Å². The average molecular weight is 494 g/mol. The fourth-order valence-corrected chi connectivity index (χ4v) is 4.19. The molecule has 8 heteroatoms. The van der Waals surface area contributed by atoms with Gasteiger partial charge in [0.25, 0.3) is 5.91 Å². The highest BCUT2D eigenvalue weighted by Gasteiger charge is 2.18. The summed E-state index contributed by atoms with van der Waals surface area (Å²) in [5, 5.41) is 3.28. The summed E-state index contributed by atoms with van der Waals surface area (Å²) in [5.74, 6) is -0.246. The van der Waals surface area contributed by atoms with Crippen molar-refractivity contribution in [1.29, 1.82) is 0 Å². The summed E-state index contributed by atoms with van der Waals surface area (Å²) in [5.41, 5.74) is 2.38. The summed E-state index contributed by atoms with van der Waals surface area (Å²) in [6, 6.07) is 20.8. The minimum absolute atomic E-state index is 0.132. The quantitative estimate of drug-likeness (QED) is 0.505. The molecule has 0 heterocycles. The van der Waals surface area contributed by atoms with E-state index in [0.717, 1.165) is 16.3 Å². The van der Waals surface area contributed by atoms with E-state index in [1.165, 1.54) is 4.31 Å². The van der Waals surface area contributed by atoms with Crippen LogP contribution in [0.1, 0.15) is 15.9 Å². The summed E-state index contributed by atoms with van der Waals surface area (Å²) in [4.78, 5) is 12.4. The lowest BCUT2D eigenvalue weighted by Gasteiger charge is -2.22. The number of carbonyl (C=O) groups excluding carboxylic acids is 1. The van der Waals surface area contributed by atoms with Gasteiger partial charge in [-0.3, -0.25) is 9.10 Å². The highest BCUT2D eigenvalue weighted by Crippen LogP contribution is 2.24. The maximum atomic E-state index is 12.4. The molecule has 0 saturated heterocycles. The smallest absolute Gasteiger partial charge is 0.255 e. The van der Waals surface area contributed by atoms with Crippen molar-refractivity contribution in [2.24, 2.45) is 0 Å². The molecule has 0 aromatic heterocycles. The minimum Gasteiger partial charge on any atom is -0.322 e. The second-order valence-corrected chi connectivity index (χ2v) is 9.67. The van der Waals surface area contributed by atoms with Crippen LogP contribution in [-0.2, 0) is 16.6 Å². The van der Waals surface area contributed by atoms with Gasteiger partial charge in [0, 0.05) is 20.7 Å². The lowest BCUT2D eigenvalue weighted by atomic mass is 10.1. The van der Waals surface area contributed by atoms with Crippen LogP contribution in [0.25, 0.3) is 0 Å². The fraction of sp³-hybridized carbons (Fsp3) is 0.0952. The summed E-state index contributed by atoms with van der Waals surface area (Å²) in [6.45, 7) is 0.132. The molecule has 29 heavy (non-hydrogen) atoms. The highest BCUT2D eigenvalue weighted by atomic mass is 79.9. The first-order chi connectivity index (χ1) is 13.7. The Morgan fingerprint density at radius 2 is 1.72 bits per heavy atom. The Balaban J connectivity index is 1.77. The summed E-state index contributed by atoms with van der Waals surface area (Å²) < 4.78 is 26.7. The molecule has 5 nitrogen and oxygen atoms in total. The molecular weight excluding hydrogens is 476 g/mol. The second-order valence-electron chi connectivity index (χ2n) is 6.41. The largest absolute Gasteiger partial charge is 0.322 e. The van der Waals surface area contributed by atoms with E-state index in [1.54, 1.807) is 60.7 Å². The van der Waals surface area contributed by atoms with Crippen molar-refractivity contribution in [3.8, 4) is 0 Å². The fourth-order valence-electron chi connectivity index (χ4n) is 2.73. The second kappa shape index (κ2) is 8.98. The first kappa shape index (κ1) is 21.4. The molecule has 0 saturated carbocycles. The highest BCUT2D eigenvalue weighted by molar-refractivity contribution is 9.10. The van der Waals surface area contributed by atoms with Gasteiger partial charge in [0.15, 0.2) is 0 Å². The van der Waals surface area contributed by atoms with Crippen LogP contribution in [0.4, 0.5) is 11.4 Å². The Labute approximate surface area is 183 Å². The maximum Gasteiger partial charge on any atom is 0.255 e. The number of hydrogen-bond donors (Lipinski definition) is 1. The number of amides is 1. The predicted molar refractivity (Wildman–Crippen MR) is 121 cm³/mol. The molecule has 0 radical (unpaired) electrons. The van der Waals surface area contributed by atoms with Crippen LogP contribution in [0.3, 0.4) is 0 Å². The van der Waals surface area contributed by atoms with Gasteiger partial charge in [0.05, 0.1) is 18.5 Å². The molecule has 1 N–H and O–H groups in total. The van der Waals surface area contributed by atoms with E-state index in [4.69, 9.17) is 11.6 Å². The van der Waals surface area contributed by atoms with E-state index in [-0.39, 0.29) is 12.5 Å². The third-order valence-electron chi connectivity index (χ3n) is 4.12. The molecule has 150 valence electrons. The van der Waals surface area contributed by atoms with Crippen LogP contribution in [0.2, 0.25) is 5.02 Å². The average Bonchev–Trinajstić information content (AvgIpc) is 2.65. The zero-order valence-corrected chi connectivity index (χ0v) is 18.6. The van der Waals surface area contributed by atoms with E-state index in [0.29, 0.717) is 22.0 Å². The molecule has 3 rings (SSSR count). The predicted octanol–water partition coefficient (Wildman–Crippen LogP) is 5.32. The van der Waals surface area contributed by atoms with E-state index < -0.39 is 10.0 Å². The monoisotopic (exact) mass is 492 g/mol. The molecule has 0 fully saturated rings. The summed E-state index contributed by atoms with van der Waals surface area (Å²) in [7, 11) is -3.51. The number of nitrogens with one attached hydrogen (secondary N) is 1. The Morgan fingerprint density at radius 1 is 1.03 bits per heavy atom. The van der Waals surface area contributed by atoms with Gasteiger partial charge in [0.2, 0.25) is 10.0 Å². The first-order valence-corrected chi connectivity index (χ1v) is 11.6. The lowest BCUT2D eigenvalue weighted by molar-refractivity contribution is 0.102. The minimum atomic E-state index is -3.51. The SMILES string of the molecule is CS(=O)(=O)N(Cc1ccc(C(=O)Nc2cccc(Br)c2)cc1)c1cccc(Cl)c1. The van der Waals surface area contributed by atoms with Gasteiger partial charge in [-0.2, -0.15) is 0 Å². The van der Waals surface area contributed by atoms with Gasteiger partial charge >= 0.3 is 0 Å². The van der Waals surface area contributed by atoms with Crippen LogP contribution in [0, 0.1) is 0 Å².